The molecule has 0 aromatic heterocycles. The first-order valence-electron chi connectivity index (χ1n) is 7.55. The number of carboxylic acid groups (broad SMARTS) is 1. The summed E-state index contributed by atoms with van der Waals surface area (Å²) in [5.74, 6) is -2.57. The minimum Gasteiger partial charge on any atom is -0.481 e. The van der Waals surface area contributed by atoms with Gasteiger partial charge in [0.05, 0.1) is 11.8 Å². The Hall–Kier alpha value is -2.63. The molecule has 3 rings (SSSR count). The van der Waals surface area contributed by atoms with Crippen molar-refractivity contribution in [1.29, 1.82) is 0 Å². The quantitative estimate of drug-likeness (QED) is 0.742. The summed E-state index contributed by atoms with van der Waals surface area (Å²) in [5, 5.41) is 14.8. The van der Waals surface area contributed by atoms with Crippen molar-refractivity contribution in [2.45, 2.75) is 13.3 Å². The Morgan fingerprint density at radius 3 is 2.00 bits per heavy atom. The lowest BCUT2D eigenvalue weighted by Gasteiger charge is -2.23. The van der Waals surface area contributed by atoms with Crippen molar-refractivity contribution < 1.29 is 19.5 Å². The molecule has 0 aliphatic heterocycles. The molecule has 6 heteroatoms. The van der Waals surface area contributed by atoms with E-state index in [2.05, 4.69) is 10.6 Å². The number of aliphatic carboxylic acids is 1. The second-order valence-electron chi connectivity index (χ2n) is 6.09. The van der Waals surface area contributed by atoms with Gasteiger partial charge in [-0.1, -0.05) is 12.2 Å². The number of fused-ring (bicyclic) bond motifs is 2. The van der Waals surface area contributed by atoms with E-state index in [4.69, 9.17) is 0 Å². The molecular formula is C17H18N2O4. The van der Waals surface area contributed by atoms with Crippen molar-refractivity contribution in [3.63, 3.8) is 0 Å². The molecule has 0 heterocycles. The molecule has 1 fully saturated rings. The molecule has 23 heavy (non-hydrogen) atoms. The van der Waals surface area contributed by atoms with Gasteiger partial charge in [0.25, 0.3) is 0 Å². The van der Waals surface area contributed by atoms with Crippen LogP contribution in [0.2, 0.25) is 0 Å². The van der Waals surface area contributed by atoms with Crippen LogP contribution in [0, 0.1) is 23.7 Å². The molecule has 2 aliphatic rings. The van der Waals surface area contributed by atoms with Gasteiger partial charge in [-0.15, -0.1) is 0 Å². The van der Waals surface area contributed by atoms with Crippen LogP contribution in [-0.4, -0.2) is 22.9 Å². The molecule has 0 radical (unpaired) electrons. The Labute approximate surface area is 133 Å². The smallest absolute Gasteiger partial charge is 0.307 e. The second-order valence-corrected chi connectivity index (χ2v) is 6.09. The van der Waals surface area contributed by atoms with Gasteiger partial charge in [-0.25, -0.2) is 0 Å². The predicted molar refractivity (Wildman–Crippen MR) is 84.7 cm³/mol. The van der Waals surface area contributed by atoms with Crippen LogP contribution in [0.4, 0.5) is 11.4 Å². The zero-order chi connectivity index (χ0) is 16.6. The summed E-state index contributed by atoms with van der Waals surface area (Å²) in [4.78, 5) is 34.9. The molecule has 0 spiro atoms. The monoisotopic (exact) mass is 314 g/mol. The molecule has 3 N–H and O–H groups in total. The number of hydrogen-bond donors (Lipinski definition) is 3. The van der Waals surface area contributed by atoms with Crippen molar-refractivity contribution in [2.24, 2.45) is 23.7 Å². The van der Waals surface area contributed by atoms with Gasteiger partial charge in [-0.2, -0.15) is 0 Å². The van der Waals surface area contributed by atoms with Crippen molar-refractivity contribution in [2.75, 3.05) is 10.6 Å². The van der Waals surface area contributed by atoms with Gasteiger partial charge in [-0.3, -0.25) is 14.4 Å². The van der Waals surface area contributed by atoms with Crippen LogP contribution in [-0.2, 0) is 14.4 Å². The van der Waals surface area contributed by atoms with Gasteiger partial charge in [-0.05, 0) is 42.5 Å². The lowest BCUT2D eigenvalue weighted by atomic mass is 9.82. The van der Waals surface area contributed by atoms with Crippen LogP contribution < -0.4 is 10.6 Å². The number of carbonyl (C=O) groups is 3. The van der Waals surface area contributed by atoms with E-state index >= 15 is 0 Å². The summed E-state index contributed by atoms with van der Waals surface area (Å²) in [6, 6.07) is 6.74. The van der Waals surface area contributed by atoms with Crippen molar-refractivity contribution in [1.82, 2.24) is 0 Å². The highest BCUT2D eigenvalue weighted by Crippen LogP contribution is 2.48. The van der Waals surface area contributed by atoms with Crippen LogP contribution >= 0.6 is 0 Å². The lowest BCUT2D eigenvalue weighted by Crippen LogP contribution is -2.36. The fourth-order valence-electron chi connectivity index (χ4n) is 3.58. The number of hydrogen-bond acceptors (Lipinski definition) is 3. The van der Waals surface area contributed by atoms with Crippen LogP contribution in [0.3, 0.4) is 0 Å². The molecule has 1 saturated carbocycles. The first kappa shape index (κ1) is 15.3. The molecule has 6 nitrogen and oxygen atoms in total. The molecule has 2 amide bonds. The first-order chi connectivity index (χ1) is 11.0. The number of nitrogens with one attached hydrogen (secondary N) is 2. The van der Waals surface area contributed by atoms with Crippen LogP contribution in [0.1, 0.15) is 13.3 Å². The lowest BCUT2D eigenvalue weighted by molar-refractivity contribution is -0.146. The number of allylic oxidation sites excluding steroid dienone is 2. The molecule has 0 saturated heterocycles. The van der Waals surface area contributed by atoms with Gasteiger partial charge in [0.1, 0.15) is 0 Å². The third kappa shape index (κ3) is 2.97. The van der Waals surface area contributed by atoms with E-state index in [1.165, 1.54) is 6.92 Å². The number of benzene rings is 1. The second kappa shape index (κ2) is 5.87. The van der Waals surface area contributed by atoms with E-state index in [-0.39, 0.29) is 23.7 Å². The topological polar surface area (TPSA) is 95.5 Å². The van der Waals surface area contributed by atoms with Crippen LogP contribution in [0.25, 0.3) is 0 Å². The molecule has 2 bridgehead atoms. The summed E-state index contributed by atoms with van der Waals surface area (Å²) in [6.45, 7) is 1.42. The Morgan fingerprint density at radius 2 is 1.48 bits per heavy atom. The van der Waals surface area contributed by atoms with E-state index in [0.29, 0.717) is 11.4 Å². The summed E-state index contributed by atoms with van der Waals surface area (Å²) in [5.41, 5.74) is 1.22. The average Bonchev–Trinajstić information content (AvgIpc) is 3.09. The summed E-state index contributed by atoms with van der Waals surface area (Å²) in [6.07, 6.45) is 4.60. The van der Waals surface area contributed by atoms with Crippen molar-refractivity contribution >= 4 is 29.2 Å². The fraction of sp³-hybridized carbons (Fsp3) is 0.353. The van der Waals surface area contributed by atoms with Gasteiger partial charge in [0, 0.05) is 18.3 Å². The maximum Gasteiger partial charge on any atom is 0.307 e. The zero-order valence-corrected chi connectivity index (χ0v) is 12.7. The van der Waals surface area contributed by atoms with Crippen molar-refractivity contribution in [3.8, 4) is 0 Å². The minimum absolute atomic E-state index is 0.000229. The molecule has 2 unspecified atom stereocenters. The van der Waals surface area contributed by atoms with Gasteiger partial charge >= 0.3 is 5.97 Å². The third-order valence-corrected chi connectivity index (χ3v) is 4.52. The zero-order valence-electron chi connectivity index (χ0n) is 12.7. The Kier molecular flexibility index (Phi) is 3.90. The summed E-state index contributed by atoms with van der Waals surface area (Å²) >= 11 is 0. The fourth-order valence-corrected chi connectivity index (χ4v) is 3.58. The molecular weight excluding hydrogens is 296 g/mol. The van der Waals surface area contributed by atoms with Crippen LogP contribution in [0.5, 0.6) is 0 Å². The Morgan fingerprint density at radius 1 is 0.957 bits per heavy atom. The minimum atomic E-state index is -0.914. The van der Waals surface area contributed by atoms with Crippen LogP contribution in [0.15, 0.2) is 36.4 Å². The standard InChI is InChI=1S/C17H18N2O4/c1-9(20)18-12-4-6-13(7-5-12)19-16(21)14-10-2-3-11(8-10)15(14)17(22)23/h2-7,10-11,14-15H,8H2,1H3,(H,18,20)(H,19,21)(H,22,23)/t10?,11?,14-,15+/m1/s1. The number of amides is 2. The number of carbonyl (C=O) groups excluding carboxylic acids is 2. The van der Waals surface area contributed by atoms with Crippen molar-refractivity contribution in [3.05, 3.63) is 36.4 Å². The molecule has 2 aliphatic carbocycles. The largest absolute Gasteiger partial charge is 0.481 e. The Bertz CT molecular complexity index is 680. The SMILES string of the molecule is CC(=O)Nc1ccc(NC(=O)[C@@H]2C3C=CC(C3)[C@@H]2C(=O)O)cc1. The van der Waals surface area contributed by atoms with E-state index < -0.39 is 17.8 Å². The summed E-state index contributed by atoms with van der Waals surface area (Å²) < 4.78 is 0. The van der Waals surface area contributed by atoms with E-state index in [1.807, 2.05) is 12.2 Å². The van der Waals surface area contributed by atoms with Gasteiger partial charge in [0.2, 0.25) is 11.8 Å². The van der Waals surface area contributed by atoms with E-state index in [1.54, 1.807) is 24.3 Å². The van der Waals surface area contributed by atoms with Gasteiger partial charge in [0.15, 0.2) is 0 Å². The number of carboxylic acids is 1. The highest BCUT2D eigenvalue weighted by atomic mass is 16.4. The molecule has 120 valence electrons. The molecule has 4 atom stereocenters. The maximum atomic E-state index is 12.5. The average molecular weight is 314 g/mol. The third-order valence-electron chi connectivity index (χ3n) is 4.52. The maximum absolute atomic E-state index is 12.5. The summed E-state index contributed by atoms with van der Waals surface area (Å²) in [7, 11) is 0. The Balaban J connectivity index is 1.70. The molecule has 1 aromatic rings. The first-order valence-corrected chi connectivity index (χ1v) is 7.55. The predicted octanol–water partition coefficient (Wildman–Crippen LogP) is 2.11. The van der Waals surface area contributed by atoms with Gasteiger partial charge < -0.3 is 15.7 Å². The normalized spacial score (nSPS) is 27.7. The highest BCUT2D eigenvalue weighted by molar-refractivity contribution is 5.96. The van der Waals surface area contributed by atoms with E-state index in [9.17, 15) is 19.5 Å². The molecule has 1 aromatic carbocycles. The number of anilines is 2. The highest BCUT2D eigenvalue weighted by Gasteiger charge is 2.51. The van der Waals surface area contributed by atoms with E-state index in [0.717, 1.165) is 6.42 Å². The number of rotatable bonds is 4.